The predicted molar refractivity (Wildman–Crippen MR) is 335 cm³/mol. The van der Waals surface area contributed by atoms with Crippen molar-refractivity contribution in [1.82, 2.24) is 25.5 Å². The molecule has 0 bridgehead atoms. The number of phosphoric acid groups is 1. The number of carboxylic acid groups (broad SMARTS) is 1. The predicted octanol–water partition coefficient (Wildman–Crippen LogP) is -10.6. The van der Waals surface area contributed by atoms with E-state index in [9.17, 15) is 124 Å². The summed E-state index contributed by atoms with van der Waals surface area (Å²) in [6.07, 6.45) is -50.5. The standard InChI is InChI=1S/C60H87N6O39P/c1-22(71)15-27-29(75)16-60(58(87)88,105-106(90,91)95-19-32-38(78)43(83)51(96-32)66-13-11-33(61)65-59(66)89)104-46(27)36(76)28(74)6-4-5-25-7-9-26(10-8-25)50(86)62-12-14-92-54-44(84)41(81)48(56(102-54)93-20-69)101-53-35(64-24(3)73)40(80)47(31(18-68)98-53)99-55-45(85)42(82)49(57(103-55)94-21-70)100-52-34(63-23(2)72)39(79)37(77)30(17-67)97-52/h7-11,13,20-21,27-32,34-49,51-57,67-68,74-85H,4-6,12,14-19H2,1-3H3,(H,62,86)(H,63,72)(H,64,73)(H,87,88)(H,90,91)(H2,61,65,89)/t27-,28-,29-,30?,31?,32-,34+,35+,36-,37-,38+,39?,40?,41?,42?,43?,44+,45+,46?,47-,48+,49+,51-,52-,53-,54-,55-,56?,57?,60-/m1/s1. The number of aliphatic hydroxyl groups excluding tert-OH is 14. The van der Waals surface area contributed by atoms with Gasteiger partial charge in [0.15, 0.2) is 43.6 Å². The van der Waals surface area contributed by atoms with E-state index in [0.717, 1.165) is 31.5 Å². The second-order valence-electron chi connectivity index (χ2n) is 25.6. The molecule has 46 heteroatoms. The van der Waals surface area contributed by atoms with Gasteiger partial charge in [-0.25, -0.2) is 18.7 Å². The lowest BCUT2D eigenvalue weighted by Gasteiger charge is -2.49. The highest BCUT2D eigenvalue weighted by Crippen LogP contribution is 2.53. The van der Waals surface area contributed by atoms with Gasteiger partial charge in [0.25, 0.3) is 24.6 Å². The number of aromatic nitrogens is 2. The molecule has 6 saturated heterocycles. The van der Waals surface area contributed by atoms with Crippen molar-refractivity contribution < 1.29 is 186 Å². The second-order valence-corrected chi connectivity index (χ2v) is 26.9. The highest BCUT2D eigenvalue weighted by atomic mass is 31.2. The van der Waals surface area contributed by atoms with Crippen LogP contribution in [-0.2, 0) is 106 Å². The third kappa shape index (κ3) is 20.3. The van der Waals surface area contributed by atoms with Crippen LogP contribution in [-0.4, -0.2) is 338 Å². The minimum absolute atomic E-state index is 0.0902. The third-order valence-corrected chi connectivity index (χ3v) is 19.0. The number of nitrogens with zero attached hydrogens (tertiary/aromatic N) is 2. The number of aliphatic hydroxyl groups is 14. The fourth-order valence-electron chi connectivity index (χ4n) is 12.7. The Balaban J connectivity index is 0.815. The summed E-state index contributed by atoms with van der Waals surface area (Å²) in [4.78, 5) is 113. The molecule has 1 aromatic carbocycles. The quantitative estimate of drug-likeness (QED) is 0.0176. The molecule has 31 atom stereocenters. The number of nitrogen functional groups attached to an aromatic ring is 1. The molecule has 6 aliphatic rings. The van der Waals surface area contributed by atoms with Gasteiger partial charge >= 0.3 is 19.5 Å². The highest BCUT2D eigenvalue weighted by Gasteiger charge is 2.61. The number of aryl methyl sites for hydroxylation is 1. The van der Waals surface area contributed by atoms with E-state index in [1.807, 2.05) is 0 Å². The smallest absolute Gasteiger partial charge is 0.475 e. The van der Waals surface area contributed by atoms with Crippen LogP contribution in [0.2, 0.25) is 0 Å². The molecule has 45 nitrogen and oxygen atoms in total. The first-order valence-corrected chi connectivity index (χ1v) is 34.3. The Morgan fingerprint density at radius 1 is 0.698 bits per heavy atom. The third-order valence-electron chi connectivity index (χ3n) is 18.0. The van der Waals surface area contributed by atoms with Crippen LogP contribution in [0.5, 0.6) is 0 Å². The van der Waals surface area contributed by atoms with Crippen LogP contribution in [0.4, 0.5) is 5.82 Å². The van der Waals surface area contributed by atoms with E-state index in [1.54, 1.807) is 0 Å². The number of ketones is 1. The number of anilines is 1. The minimum Gasteiger partial charge on any atom is -0.477 e. The fourth-order valence-corrected chi connectivity index (χ4v) is 13.6. The van der Waals surface area contributed by atoms with Gasteiger partial charge in [-0.1, -0.05) is 12.1 Å². The van der Waals surface area contributed by atoms with Gasteiger partial charge < -0.3 is 165 Å². The van der Waals surface area contributed by atoms with Crippen molar-refractivity contribution in [3.8, 4) is 0 Å². The second kappa shape index (κ2) is 37.3. The minimum atomic E-state index is -5.67. The monoisotopic (exact) mass is 1550 g/mol. The maximum atomic E-state index is 13.4. The first kappa shape index (κ1) is 85.2. The van der Waals surface area contributed by atoms with E-state index in [1.165, 1.54) is 30.3 Å². The average molecular weight is 1550 g/mol. The molecular formula is C60H87N6O39P. The summed E-state index contributed by atoms with van der Waals surface area (Å²) in [5, 5.41) is 171. The maximum Gasteiger partial charge on any atom is 0.475 e. The van der Waals surface area contributed by atoms with Gasteiger partial charge in [-0.3, -0.25) is 33.1 Å². The normalized spacial score (nSPS) is 38.0. The van der Waals surface area contributed by atoms with Crippen molar-refractivity contribution in [3.05, 3.63) is 58.1 Å². The zero-order chi connectivity index (χ0) is 78.0. The van der Waals surface area contributed by atoms with E-state index in [4.69, 9.17) is 71.6 Å². The lowest BCUT2D eigenvalue weighted by Crippen LogP contribution is -2.70. The van der Waals surface area contributed by atoms with E-state index in [2.05, 4.69) is 20.9 Å². The number of carbonyl (C=O) groups excluding carboxylic acids is 6. The molecular weight excluding hydrogens is 1460 g/mol. The number of nitrogens with one attached hydrogen (secondary N) is 3. The Morgan fingerprint density at radius 3 is 1.81 bits per heavy atom. The number of benzene rings is 1. The lowest BCUT2D eigenvalue weighted by molar-refractivity contribution is -0.398. The lowest BCUT2D eigenvalue weighted by atomic mass is 9.80. The van der Waals surface area contributed by atoms with Gasteiger partial charge in [0, 0.05) is 50.9 Å². The van der Waals surface area contributed by atoms with E-state index in [-0.39, 0.29) is 50.1 Å². The summed E-state index contributed by atoms with van der Waals surface area (Å²) in [5.74, 6) is -9.87. The van der Waals surface area contributed by atoms with Crippen molar-refractivity contribution in [2.75, 3.05) is 38.7 Å². The first-order valence-electron chi connectivity index (χ1n) is 32.8. The molecule has 3 amide bonds. The molecule has 0 spiro atoms. The number of phosphoric ester groups is 1. The van der Waals surface area contributed by atoms with Gasteiger partial charge in [-0.2, -0.15) is 4.98 Å². The Morgan fingerprint density at radius 2 is 1.25 bits per heavy atom. The maximum absolute atomic E-state index is 13.4. The molecule has 8 rings (SSSR count). The number of carbonyl (C=O) groups is 7. The number of carboxylic acids is 1. The summed E-state index contributed by atoms with van der Waals surface area (Å²) in [6, 6.07) is 3.69. The van der Waals surface area contributed by atoms with Crippen LogP contribution in [0.15, 0.2) is 41.3 Å². The zero-order valence-corrected chi connectivity index (χ0v) is 57.3. The molecule has 0 saturated carbocycles. The van der Waals surface area contributed by atoms with Crippen LogP contribution in [0.25, 0.3) is 0 Å². The summed E-state index contributed by atoms with van der Waals surface area (Å²) in [7, 11) is -5.67. The molecule has 21 N–H and O–H groups in total. The number of Topliss-reactive ketones (excluding diaryl/α,β-unsaturated/α-hetero) is 1. The van der Waals surface area contributed by atoms with Gasteiger partial charge in [-0.05, 0) is 49.9 Å². The molecule has 596 valence electrons. The number of rotatable bonds is 34. The molecule has 1 aromatic heterocycles. The van der Waals surface area contributed by atoms with E-state index >= 15 is 0 Å². The average Bonchev–Trinajstić information content (AvgIpc) is 0.882. The van der Waals surface area contributed by atoms with Gasteiger partial charge in [0.05, 0.1) is 44.7 Å². The molecule has 0 aliphatic carbocycles. The zero-order valence-electron chi connectivity index (χ0n) is 56.4. The SMILES string of the molecule is CC(=O)C[C@H]1C([C@H](O)[C@H](O)CCCc2ccc(C(=O)NCCO[C@@H]3OC(OC=O)[C@@H](O[C@H]4OC(CO)[C@@H](O[C@@H]5OC(OC=O)[C@@H](O[C@H]6OC(CO)[C@@H](O)C(O)[C@@H]6NC(C)=O)C(O)[C@@H]5O)C(O)[C@@H]4NC(C)=O)C(O)[C@@H]3O)cc2)O[C@](OP(=O)(O)OC[C@H]2O[C@@H](n3ccc(N)nc3=O)C(O)[C@H]2O)(C(=O)O)C[C@H]1O. The Kier molecular flexibility index (Phi) is 30.0. The summed E-state index contributed by atoms with van der Waals surface area (Å²) in [6.45, 7) is -0.960. The Bertz CT molecular complexity index is 3410. The molecule has 6 fully saturated rings. The molecule has 6 aliphatic heterocycles. The van der Waals surface area contributed by atoms with E-state index < -0.39 is 266 Å². The summed E-state index contributed by atoms with van der Waals surface area (Å²) < 4.78 is 90.8. The number of hydrogen-bond donors (Lipinski definition) is 20. The molecule has 7 heterocycles. The fraction of sp³-hybridized carbons (Fsp3) is 0.717. The highest BCUT2D eigenvalue weighted by molar-refractivity contribution is 7.47. The van der Waals surface area contributed by atoms with Gasteiger partial charge in [0.1, 0.15) is 109 Å². The van der Waals surface area contributed by atoms with Crippen molar-refractivity contribution in [3.63, 3.8) is 0 Å². The van der Waals surface area contributed by atoms with Gasteiger partial charge in [0.2, 0.25) is 24.4 Å². The Labute approximate surface area is 598 Å². The molecule has 11 unspecified atom stereocenters. The topological polar surface area (TPSA) is 686 Å². The summed E-state index contributed by atoms with van der Waals surface area (Å²) >= 11 is 0. The van der Waals surface area contributed by atoms with Crippen LogP contribution in [0, 0.1) is 5.92 Å². The van der Waals surface area contributed by atoms with Crippen molar-refractivity contribution in [2.45, 2.75) is 231 Å². The van der Waals surface area contributed by atoms with Crippen molar-refractivity contribution in [1.29, 1.82) is 0 Å². The van der Waals surface area contributed by atoms with Gasteiger partial charge in [-0.15, -0.1) is 0 Å². The van der Waals surface area contributed by atoms with Crippen molar-refractivity contribution in [2.24, 2.45) is 5.92 Å². The number of nitrogens with two attached hydrogens (primary N) is 1. The van der Waals surface area contributed by atoms with Crippen LogP contribution in [0.1, 0.15) is 68.6 Å². The number of aliphatic carboxylic acids is 1. The number of hydrogen-bond acceptors (Lipinski definition) is 39. The molecule has 0 radical (unpaired) electrons. The Hall–Kier alpha value is -6.46. The van der Waals surface area contributed by atoms with E-state index in [0.29, 0.717) is 5.56 Å². The van der Waals surface area contributed by atoms with Crippen molar-refractivity contribution >= 4 is 56.1 Å². The molecule has 2 aromatic rings. The number of amides is 3. The first-order chi connectivity index (χ1) is 50.1. The van der Waals surface area contributed by atoms with Crippen LogP contribution >= 0.6 is 7.82 Å². The van der Waals surface area contributed by atoms with Crippen LogP contribution in [0.3, 0.4) is 0 Å². The summed E-state index contributed by atoms with van der Waals surface area (Å²) in [5.41, 5.74) is 5.20. The number of ether oxygens (including phenoxy) is 12. The largest absolute Gasteiger partial charge is 0.477 e. The van der Waals surface area contributed by atoms with Crippen LogP contribution < -0.4 is 27.4 Å². The molecule has 106 heavy (non-hydrogen) atoms.